The first-order valence-electron chi connectivity index (χ1n) is 10.3. The molecule has 9 heteroatoms. The van der Waals surface area contributed by atoms with Crippen molar-refractivity contribution in [3.8, 4) is 0 Å². The number of amides is 1. The lowest BCUT2D eigenvalue weighted by Gasteiger charge is -2.23. The minimum atomic E-state index is -3.91. The van der Waals surface area contributed by atoms with Crippen LogP contribution in [0.25, 0.3) is 0 Å². The third-order valence-electron chi connectivity index (χ3n) is 5.09. The van der Waals surface area contributed by atoms with Gasteiger partial charge in [-0.15, -0.1) is 0 Å². The number of carbonyl (C=O) groups is 1. The highest BCUT2D eigenvalue weighted by Gasteiger charge is 2.27. The van der Waals surface area contributed by atoms with Gasteiger partial charge in [0.15, 0.2) is 9.84 Å². The lowest BCUT2D eigenvalue weighted by atomic mass is 10.1. The van der Waals surface area contributed by atoms with Gasteiger partial charge >= 0.3 is 0 Å². The van der Waals surface area contributed by atoms with E-state index in [1.54, 1.807) is 49.4 Å². The highest BCUT2D eigenvalue weighted by Crippen LogP contribution is 2.19. The van der Waals surface area contributed by atoms with Crippen LogP contribution in [0.3, 0.4) is 0 Å². The van der Waals surface area contributed by atoms with Crippen molar-refractivity contribution in [2.75, 3.05) is 12.8 Å². The molecule has 0 saturated carbocycles. The van der Waals surface area contributed by atoms with Gasteiger partial charge in [-0.3, -0.25) is 4.79 Å². The molecule has 1 N–H and O–H groups in total. The maximum absolute atomic E-state index is 13.2. The zero-order chi connectivity index (χ0) is 24.1. The topological polar surface area (TPSA) is 101 Å². The minimum absolute atomic E-state index is 0.0446. The fraction of sp³-hybridized carbons (Fsp3) is 0.208. The first-order valence-corrected chi connectivity index (χ1v) is 13.6. The number of carbonyl (C=O) groups excluding carboxylic acids is 1. The van der Waals surface area contributed by atoms with Crippen LogP contribution < -0.4 is 5.32 Å². The van der Waals surface area contributed by atoms with Crippen LogP contribution in [0, 0.1) is 0 Å². The molecule has 1 atom stereocenters. The Morgan fingerprint density at radius 2 is 1.36 bits per heavy atom. The summed E-state index contributed by atoms with van der Waals surface area (Å²) in [5, 5.41) is 2.80. The Morgan fingerprint density at radius 1 is 0.818 bits per heavy atom. The number of hydrogen-bond acceptors (Lipinski definition) is 5. The molecule has 7 nitrogen and oxygen atoms in total. The van der Waals surface area contributed by atoms with Gasteiger partial charge in [0.25, 0.3) is 0 Å². The average Bonchev–Trinajstić information content (AvgIpc) is 2.79. The number of nitrogens with zero attached hydrogens (tertiary/aromatic N) is 1. The maximum atomic E-state index is 13.2. The van der Waals surface area contributed by atoms with Crippen LogP contribution in [-0.2, 0) is 31.2 Å². The Labute approximate surface area is 195 Å². The maximum Gasteiger partial charge on any atom is 0.243 e. The van der Waals surface area contributed by atoms with Gasteiger partial charge in [-0.25, -0.2) is 16.8 Å². The average molecular weight is 487 g/mol. The molecule has 0 fully saturated rings. The first-order chi connectivity index (χ1) is 15.6. The molecule has 0 spiro atoms. The van der Waals surface area contributed by atoms with E-state index in [1.807, 2.05) is 18.2 Å². The summed E-state index contributed by atoms with van der Waals surface area (Å²) in [4.78, 5) is 13.1. The van der Waals surface area contributed by atoms with Crippen molar-refractivity contribution in [2.45, 2.75) is 29.3 Å². The molecule has 33 heavy (non-hydrogen) atoms. The predicted octanol–water partition coefficient (Wildman–Crippen LogP) is 3.16. The summed E-state index contributed by atoms with van der Waals surface area (Å²) in [5.41, 5.74) is 1.46. The Morgan fingerprint density at radius 3 is 1.91 bits per heavy atom. The first kappa shape index (κ1) is 24.6. The predicted molar refractivity (Wildman–Crippen MR) is 127 cm³/mol. The van der Waals surface area contributed by atoms with Crippen molar-refractivity contribution in [3.05, 3.63) is 96.1 Å². The Hall–Kier alpha value is -3.01. The van der Waals surface area contributed by atoms with Crippen LogP contribution in [0.1, 0.15) is 24.1 Å². The van der Waals surface area contributed by atoms with Crippen molar-refractivity contribution < 1.29 is 21.6 Å². The van der Waals surface area contributed by atoms with Gasteiger partial charge in [0, 0.05) is 12.8 Å². The smallest absolute Gasteiger partial charge is 0.243 e. The molecule has 3 aromatic rings. The van der Waals surface area contributed by atoms with Crippen LogP contribution in [0.4, 0.5) is 0 Å². The minimum Gasteiger partial charge on any atom is -0.348 e. The number of nitrogens with one attached hydrogen (secondary N) is 1. The van der Waals surface area contributed by atoms with Crippen molar-refractivity contribution in [1.82, 2.24) is 9.62 Å². The van der Waals surface area contributed by atoms with Crippen LogP contribution in [0.5, 0.6) is 0 Å². The van der Waals surface area contributed by atoms with Crippen LogP contribution in [0.2, 0.25) is 0 Å². The second-order valence-electron chi connectivity index (χ2n) is 7.70. The highest BCUT2D eigenvalue weighted by molar-refractivity contribution is 7.90. The second-order valence-corrected chi connectivity index (χ2v) is 11.7. The number of sulfonamides is 1. The van der Waals surface area contributed by atoms with Crippen LogP contribution >= 0.6 is 0 Å². The summed E-state index contributed by atoms with van der Waals surface area (Å²) < 4.78 is 50.9. The highest BCUT2D eigenvalue weighted by atomic mass is 32.2. The Balaban J connectivity index is 1.78. The molecule has 0 heterocycles. The SMILES string of the molecule is C[C@H](NC(=O)CN(Cc1ccccc1)S(=O)(=O)c1ccccc1)c1ccc(S(C)(=O)=O)cc1. The molecule has 0 saturated heterocycles. The quantitative estimate of drug-likeness (QED) is 0.501. The van der Waals surface area contributed by atoms with Crippen LogP contribution in [0.15, 0.2) is 94.7 Å². The number of sulfone groups is 1. The van der Waals surface area contributed by atoms with Crippen molar-refractivity contribution in [1.29, 1.82) is 0 Å². The van der Waals surface area contributed by atoms with E-state index in [2.05, 4.69) is 5.32 Å². The fourth-order valence-corrected chi connectivity index (χ4v) is 5.32. The largest absolute Gasteiger partial charge is 0.348 e. The summed E-state index contributed by atoms with van der Waals surface area (Å²) in [6, 6.07) is 22.8. The summed E-state index contributed by atoms with van der Waals surface area (Å²) in [6.07, 6.45) is 1.13. The molecule has 0 unspecified atom stereocenters. The summed E-state index contributed by atoms with van der Waals surface area (Å²) >= 11 is 0. The molecular formula is C24H26N2O5S2. The van der Waals surface area contributed by atoms with Gasteiger partial charge in [0.1, 0.15) is 0 Å². The molecule has 3 rings (SSSR count). The third-order valence-corrected chi connectivity index (χ3v) is 8.02. The van der Waals surface area contributed by atoms with Crippen LogP contribution in [-0.4, -0.2) is 39.8 Å². The van der Waals surface area contributed by atoms with E-state index < -0.39 is 31.8 Å². The number of hydrogen-bond donors (Lipinski definition) is 1. The lowest BCUT2D eigenvalue weighted by molar-refractivity contribution is -0.122. The molecule has 0 aliphatic rings. The van der Waals surface area contributed by atoms with E-state index in [0.717, 1.165) is 16.1 Å². The van der Waals surface area contributed by atoms with E-state index in [1.165, 1.54) is 24.3 Å². The Bertz CT molecular complexity index is 1290. The molecule has 1 amide bonds. The van der Waals surface area contributed by atoms with E-state index in [9.17, 15) is 21.6 Å². The van der Waals surface area contributed by atoms with Gasteiger partial charge in [0.05, 0.1) is 22.4 Å². The fourth-order valence-electron chi connectivity index (χ4n) is 3.29. The second kappa shape index (κ2) is 10.3. The van der Waals surface area contributed by atoms with Crippen molar-refractivity contribution >= 4 is 25.8 Å². The summed E-state index contributed by atoms with van der Waals surface area (Å²) in [7, 11) is -7.23. The van der Waals surface area contributed by atoms with E-state index in [0.29, 0.717) is 5.56 Å². The Kier molecular flexibility index (Phi) is 7.68. The summed E-state index contributed by atoms with van der Waals surface area (Å²) in [5.74, 6) is -0.467. The van der Waals surface area contributed by atoms with Gasteiger partial charge in [0.2, 0.25) is 15.9 Å². The van der Waals surface area contributed by atoms with E-state index >= 15 is 0 Å². The van der Waals surface area contributed by atoms with Gasteiger partial charge in [-0.1, -0.05) is 60.7 Å². The third kappa shape index (κ3) is 6.50. The lowest BCUT2D eigenvalue weighted by Crippen LogP contribution is -2.41. The molecule has 0 aromatic heterocycles. The molecular weight excluding hydrogens is 460 g/mol. The zero-order valence-corrected chi connectivity index (χ0v) is 20.0. The van der Waals surface area contributed by atoms with Crippen molar-refractivity contribution in [3.63, 3.8) is 0 Å². The number of rotatable bonds is 9. The monoisotopic (exact) mass is 486 g/mol. The number of benzene rings is 3. The molecule has 174 valence electrons. The zero-order valence-electron chi connectivity index (χ0n) is 18.4. The molecule has 0 aliphatic heterocycles. The standard InChI is InChI=1S/C24H26N2O5S2/c1-19(21-13-15-22(16-14-21)32(2,28)29)25-24(27)18-26(17-20-9-5-3-6-10-20)33(30,31)23-11-7-4-8-12-23/h3-16,19H,17-18H2,1-2H3,(H,25,27)/t19-/m0/s1. The van der Waals surface area contributed by atoms with Crippen molar-refractivity contribution in [2.24, 2.45) is 0 Å². The normalized spacial score (nSPS) is 12.9. The van der Waals surface area contributed by atoms with E-state index in [4.69, 9.17) is 0 Å². The molecule has 0 radical (unpaired) electrons. The van der Waals surface area contributed by atoms with Gasteiger partial charge in [-0.05, 0) is 42.3 Å². The molecule has 0 bridgehead atoms. The summed E-state index contributed by atoms with van der Waals surface area (Å²) in [6.45, 7) is 1.43. The van der Waals surface area contributed by atoms with Gasteiger partial charge < -0.3 is 5.32 Å². The van der Waals surface area contributed by atoms with Gasteiger partial charge in [-0.2, -0.15) is 4.31 Å². The molecule has 3 aromatic carbocycles. The molecule has 0 aliphatic carbocycles. The van der Waals surface area contributed by atoms with E-state index in [-0.39, 0.29) is 22.9 Å².